The number of hydrogen-bond donors (Lipinski definition) is 1. The molecule has 17 heavy (non-hydrogen) atoms. The lowest BCUT2D eigenvalue weighted by atomic mass is 10.2. The molecule has 2 atom stereocenters. The van der Waals surface area contributed by atoms with Crippen molar-refractivity contribution in [3.63, 3.8) is 0 Å². The molecule has 1 aromatic heterocycles. The maximum absolute atomic E-state index is 13.4. The SMILES string of the molecule is Cc1cc(NC2COCC2F)nc(C2CC2)n1. The molecule has 0 amide bonds. The maximum Gasteiger partial charge on any atom is 0.146 e. The highest BCUT2D eigenvalue weighted by atomic mass is 19.1. The molecule has 1 saturated heterocycles. The Bertz CT molecular complexity index is 422. The smallest absolute Gasteiger partial charge is 0.146 e. The Hall–Kier alpha value is -1.23. The molecular weight excluding hydrogens is 221 g/mol. The molecule has 2 fully saturated rings. The van der Waals surface area contributed by atoms with Gasteiger partial charge in [0.25, 0.3) is 0 Å². The van der Waals surface area contributed by atoms with Crippen LogP contribution in [-0.2, 0) is 4.74 Å². The van der Waals surface area contributed by atoms with Crippen molar-refractivity contribution in [1.82, 2.24) is 9.97 Å². The fourth-order valence-corrected chi connectivity index (χ4v) is 2.04. The van der Waals surface area contributed by atoms with Crippen molar-refractivity contribution in [3.8, 4) is 0 Å². The van der Waals surface area contributed by atoms with Crippen LogP contribution in [-0.4, -0.2) is 35.4 Å². The van der Waals surface area contributed by atoms with Gasteiger partial charge in [0, 0.05) is 17.7 Å². The molecule has 1 N–H and O–H groups in total. The van der Waals surface area contributed by atoms with Gasteiger partial charge in [-0.2, -0.15) is 0 Å². The number of hydrogen-bond acceptors (Lipinski definition) is 4. The van der Waals surface area contributed by atoms with Crippen molar-refractivity contribution >= 4 is 5.82 Å². The molecule has 1 aliphatic heterocycles. The lowest BCUT2D eigenvalue weighted by Crippen LogP contribution is -2.29. The summed E-state index contributed by atoms with van der Waals surface area (Å²) in [5, 5.41) is 3.10. The number of nitrogens with one attached hydrogen (secondary N) is 1. The van der Waals surface area contributed by atoms with Crippen LogP contribution >= 0.6 is 0 Å². The van der Waals surface area contributed by atoms with Crippen LogP contribution in [0.5, 0.6) is 0 Å². The molecular formula is C12H16FN3O. The average Bonchev–Trinajstić information content (AvgIpc) is 3.05. The highest BCUT2D eigenvalue weighted by Crippen LogP contribution is 2.38. The molecule has 2 heterocycles. The maximum atomic E-state index is 13.4. The second kappa shape index (κ2) is 4.22. The van der Waals surface area contributed by atoms with Crippen molar-refractivity contribution in [1.29, 1.82) is 0 Å². The van der Waals surface area contributed by atoms with E-state index in [1.165, 1.54) is 12.8 Å². The average molecular weight is 237 g/mol. The van der Waals surface area contributed by atoms with Gasteiger partial charge in [0.1, 0.15) is 17.8 Å². The number of nitrogens with zero attached hydrogens (tertiary/aromatic N) is 2. The molecule has 92 valence electrons. The Kier molecular flexibility index (Phi) is 2.70. The largest absolute Gasteiger partial charge is 0.376 e. The van der Waals surface area contributed by atoms with Crippen LogP contribution < -0.4 is 5.32 Å². The topological polar surface area (TPSA) is 47.0 Å². The van der Waals surface area contributed by atoms with Gasteiger partial charge >= 0.3 is 0 Å². The normalized spacial score (nSPS) is 28.4. The fourth-order valence-electron chi connectivity index (χ4n) is 2.04. The summed E-state index contributed by atoms with van der Waals surface area (Å²) in [5.41, 5.74) is 0.929. The number of anilines is 1. The van der Waals surface area contributed by atoms with E-state index in [-0.39, 0.29) is 12.6 Å². The van der Waals surface area contributed by atoms with Gasteiger partial charge in [0.15, 0.2) is 0 Å². The Balaban J connectivity index is 1.77. The quantitative estimate of drug-likeness (QED) is 0.871. The van der Waals surface area contributed by atoms with E-state index >= 15 is 0 Å². The van der Waals surface area contributed by atoms with Gasteiger partial charge < -0.3 is 10.1 Å². The van der Waals surface area contributed by atoms with Crippen LogP contribution in [0.25, 0.3) is 0 Å². The van der Waals surface area contributed by atoms with Gasteiger partial charge in [-0.3, -0.25) is 0 Å². The standard InChI is InChI=1S/C12H16FN3O/c1-7-4-11(15-10-6-17-5-9(10)13)16-12(14-7)8-2-3-8/h4,8-10H,2-3,5-6H2,1H3,(H,14,15,16). The van der Waals surface area contributed by atoms with Gasteiger partial charge in [-0.15, -0.1) is 0 Å². The second-order valence-electron chi connectivity index (χ2n) is 4.83. The third-order valence-electron chi connectivity index (χ3n) is 3.16. The predicted molar refractivity (Wildman–Crippen MR) is 61.9 cm³/mol. The van der Waals surface area contributed by atoms with E-state index in [0.717, 1.165) is 17.3 Å². The summed E-state index contributed by atoms with van der Waals surface area (Å²) in [7, 11) is 0. The number of alkyl halides is 1. The van der Waals surface area contributed by atoms with Gasteiger partial charge in [-0.05, 0) is 19.8 Å². The molecule has 2 aliphatic rings. The van der Waals surface area contributed by atoms with Gasteiger partial charge in [0.05, 0.1) is 19.3 Å². The van der Waals surface area contributed by atoms with Gasteiger partial charge in [-0.1, -0.05) is 0 Å². The Morgan fingerprint density at radius 3 is 2.82 bits per heavy atom. The third kappa shape index (κ3) is 2.39. The Morgan fingerprint density at radius 1 is 1.35 bits per heavy atom. The first-order valence-electron chi connectivity index (χ1n) is 6.06. The van der Waals surface area contributed by atoms with Crippen LogP contribution in [0, 0.1) is 6.92 Å². The molecule has 1 aliphatic carbocycles. The molecule has 0 bridgehead atoms. The lowest BCUT2D eigenvalue weighted by molar-refractivity contribution is 0.173. The summed E-state index contributed by atoms with van der Waals surface area (Å²) in [4.78, 5) is 8.86. The first-order chi connectivity index (χ1) is 8.22. The zero-order chi connectivity index (χ0) is 11.8. The third-order valence-corrected chi connectivity index (χ3v) is 3.16. The molecule has 0 aromatic carbocycles. The van der Waals surface area contributed by atoms with Crippen LogP contribution in [0.3, 0.4) is 0 Å². The molecule has 3 rings (SSSR count). The number of aromatic nitrogens is 2. The Labute approximate surface area is 99.6 Å². The van der Waals surface area contributed by atoms with E-state index in [1.807, 2.05) is 13.0 Å². The van der Waals surface area contributed by atoms with E-state index in [1.54, 1.807) is 0 Å². The zero-order valence-electron chi connectivity index (χ0n) is 9.82. The van der Waals surface area contributed by atoms with Crippen molar-refractivity contribution in [2.45, 2.75) is 37.9 Å². The minimum Gasteiger partial charge on any atom is -0.376 e. The van der Waals surface area contributed by atoms with Gasteiger partial charge in [0.2, 0.25) is 0 Å². The highest BCUT2D eigenvalue weighted by molar-refractivity contribution is 5.38. The van der Waals surface area contributed by atoms with Crippen LogP contribution in [0.15, 0.2) is 6.07 Å². The minimum absolute atomic E-state index is 0.178. The summed E-state index contributed by atoms with van der Waals surface area (Å²) in [6, 6.07) is 1.58. The minimum atomic E-state index is -0.949. The molecule has 2 unspecified atom stereocenters. The first-order valence-corrected chi connectivity index (χ1v) is 6.06. The van der Waals surface area contributed by atoms with Crippen LogP contribution in [0.4, 0.5) is 10.2 Å². The Morgan fingerprint density at radius 2 is 2.18 bits per heavy atom. The molecule has 1 saturated carbocycles. The molecule has 5 heteroatoms. The molecule has 0 radical (unpaired) electrons. The van der Waals surface area contributed by atoms with E-state index in [0.29, 0.717) is 12.5 Å². The summed E-state index contributed by atoms with van der Waals surface area (Å²) in [5.74, 6) is 2.12. The summed E-state index contributed by atoms with van der Waals surface area (Å²) < 4.78 is 18.5. The molecule has 1 aromatic rings. The van der Waals surface area contributed by atoms with E-state index in [4.69, 9.17) is 4.74 Å². The van der Waals surface area contributed by atoms with E-state index in [2.05, 4.69) is 15.3 Å². The molecule has 4 nitrogen and oxygen atoms in total. The van der Waals surface area contributed by atoms with E-state index in [9.17, 15) is 4.39 Å². The second-order valence-corrected chi connectivity index (χ2v) is 4.83. The van der Waals surface area contributed by atoms with Gasteiger partial charge in [-0.25, -0.2) is 14.4 Å². The number of ether oxygens (including phenoxy) is 1. The van der Waals surface area contributed by atoms with Crippen LogP contribution in [0.2, 0.25) is 0 Å². The number of rotatable bonds is 3. The monoisotopic (exact) mass is 237 g/mol. The van der Waals surface area contributed by atoms with Crippen molar-refractivity contribution in [2.24, 2.45) is 0 Å². The summed E-state index contributed by atoms with van der Waals surface area (Å²) in [6.07, 6.45) is 1.39. The lowest BCUT2D eigenvalue weighted by Gasteiger charge is -2.14. The fraction of sp³-hybridized carbons (Fsp3) is 0.667. The summed E-state index contributed by atoms with van der Waals surface area (Å²) in [6.45, 7) is 2.52. The van der Waals surface area contributed by atoms with Crippen LogP contribution in [0.1, 0.15) is 30.3 Å². The first kappa shape index (κ1) is 10.9. The highest BCUT2D eigenvalue weighted by Gasteiger charge is 2.30. The van der Waals surface area contributed by atoms with Crippen molar-refractivity contribution in [2.75, 3.05) is 18.5 Å². The van der Waals surface area contributed by atoms with Crippen molar-refractivity contribution < 1.29 is 9.13 Å². The van der Waals surface area contributed by atoms with Crippen molar-refractivity contribution in [3.05, 3.63) is 17.6 Å². The summed E-state index contributed by atoms with van der Waals surface area (Å²) >= 11 is 0. The number of halogens is 1. The number of aryl methyl sites for hydroxylation is 1. The zero-order valence-corrected chi connectivity index (χ0v) is 9.82. The predicted octanol–water partition coefficient (Wildman–Crippen LogP) is 1.81. The van der Waals surface area contributed by atoms with E-state index < -0.39 is 6.17 Å². The molecule has 0 spiro atoms.